The second kappa shape index (κ2) is 13.0. The molecule has 13 heteroatoms. The predicted octanol–water partition coefficient (Wildman–Crippen LogP) is 4.85. The molecule has 12 nitrogen and oxygen atoms in total. The molecule has 2 aromatic carbocycles. The largest absolute Gasteiger partial charge is 0.444 e. The summed E-state index contributed by atoms with van der Waals surface area (Å²) >= 11 is 6.63. The first-order valence-electron chi connectivity index (χ1n) is 16.1. The number of fused-ring (bicyclic) bond motifs is 2. The molecule has 0 spiro atoms. The van der Waals surface area contributed by atoms with Gasteiger partial charge in [0.2, 0.25) is 5.95 Å². The smallest absolute Gasteiger partial charge is 0.410 e. The van der Waals surface area contributed by atoms with E-state index < -0.39 is 17.7 Å². The van der Waals surface area contributed by atoms with E-state index in [0.717, 1.165) is 37.0 Å². The van der Waals surface area contributed by atoms with Crippen LogP contribution in [0.2, 0.25) is 5.02 Å². The van der Waals surface area contributed by atoms with Gasteiger partial charge >= 0.3 is 6.09 Å². The first-order valence-corrected chi connectivity index (χ1v) is 16.5. The third kappa shape index (κ3) is 6.30. The number of hydrogen-bond donors (Lipinski definition) is 0. The van der Waals surface area contributed by atoms with Crippen molar-refractivity contribution in [3.63, 3.8) is 0 Å². The van der Waals surface area contributed by atoms with E-state index >= 15 is 0 Å². The molecular weight excluding hydrogens is 618 g/mol. The fourth-order valence-corrected chi connectivity index (χ4v) is 6.76. The lowest BCUT2D eigenvalue weighted by molar-refractivity contribution is 0.0145. The number of aromatic nitrogens is 4. The summed E-state index contributed by atoms with van der Waals surface area (Å²) in [6.07, 6.45) is 1.29. The number of benzene rings is 2. The number of ether oxygens (including phenoxy) is 1. The van der Waals surface area contributed by atoms with E-state index in [1.165, 1.54) is 4.68 Å². The summed E-state index contributed by atoms with van der Waals surface area (Å²) < 4.78 is 7.01. The zero-order valence-electron chi connectivity index (χ0n) is 27.5. The Kier molecular flexibility index (Phi) is 8.96. The summed E-state index contributed by atoms with van der Waals surface area (Å²) in [7, 11) is 0. The van der Waals surface area contributed by atoms with Crippen LogP contribution in [0.25, 0.3) is 27.4 Å². The lowest BCUT2D eigenvalue weighted by Gasteiger charge is -2.45. The standard InChI is InChI=1S/C34H40ClN9O3/c1-6-40(7-2)24-20-42(21-24)32-38-29-25(18-37-44(31(29)45)27-13-9-11-22-10-8-12-26(35)28(22)27)30(39-32)41-16-17-43(23(19-41)14-15-36)33(46)47-34(3,4)5/h8-13,18,23-24H,6-7,14,16-17,19-21H2,1-5H3. The average molecular weight is 658 g/mol. The maximum Gasteiger partial charge on any atom is 0.410 e. The fourth-order valence-electron chi connectivity index (χ4n) is 6.48. The van der Waals surface area contributed by atoms with Crippen molar-refractivity contribution >= 4 is 51.1 Å². The highest BCUT2D eigenvalue weighted by atomic mass is 35.5. The van der Waals surface area contributed by atoms with Crippen LogP contribution in [0.4, 0.5) is 16.6 Å². The number of rotatable bonds is 7. The van der Waals surface area contributed by atoms with Gasteiger partial charge in [0.1, 0.15) is 16.9 Å². The van der Waals surface area contributed by atoms with Crippen molar-refractivity contribution in [2.45, 2.75) is 58.7 Å². The van der Waals surface area contributed by atoms with E-state index in [2.05, 4.69) is 34.8 Å². The number of piperazine rings is 1. The van der Waals surface area contributed by atoms with Gasteiger partial charge in [-0.25, -0.2) is 9.78 Å². The number of nitrogens with zero attached hydrogens (tertiary/aromatic N) is 9. The molecule has 47 heavy (non-hydrogen) atoms. The highest BCUT2D eigenvalue weighted by Crippen LogP contribution is 2.32. The molecule has 0 saturated carbocycles. The molecular formula is C34H40ClN9O3. The summed E-state index contributed by atoms with van der Waals surface area (Å²) in [5, 5.41) is 16.9. The maximum atomic E-state index is 14.3. The molecule has 246 valence electrons. The minimum atomic E-state index is -0.663. The number of halogens is 1. The number of amides is 1. The molecule has 0 aliphatic carbocycles. The fraction of sp³-hybridized carbons (Fsp3) is 0.471. The van der Waals surface area contributed by atoms with E-state index in [9.17, 15) is 14.9 Å². The number of likely N-dealkylation sites (N-methyl/N-ethyl adjacent to an activating group) is 1. The van der Waals surface area contributed by atoms with Gasteiger partial charge in [-0.3, -0.25) is 9.69 Å². The van der Waals surface area contributed by atoms with Crippen LogP contribution in [0, 0.1) is 11.3 Å². The second-order valence-corrected chi connectivity index (χ2v) is 13.4. The predicted molar refractivity (Wildman–Crippen MR) is 184 cm³/mol. The van der Waals surface area contributed by atoms with Gasteiger partial charge in [-0.05, 0) is 51.4 Å². The number of hydrogen-bond acceptors (Lipinski definition) is 10. The molecule has 0 bridgehead atoms. The van der Waals surface area contributed by atoms with Crippen molar-refractivity contribution < 1.29 is 9.53 Å². The van der Waals surface area contributed by atoms with E-state index in [-0.39, 0.29) is 17.5 Å². The second-order valence-electron chi connectivity index (χ2n) is 13.0. The van der Waals surface area contributed by atoms with Crippen LogP contribution in [0.5, 0.6) is 0 Å². The van der Waals surface area contributed by atoms with E-state index in [4.69, 9.17) is 26.3 Å². The third-order valence-electron chi connectivity index (χ3n) is 8.88. The Morgan fingerprint density at radius 2 is 1.79 bits per heavy atom. The molecule has 4 aromatic rings. The zero-order chi connectivity index (χ0) is 33.5. The van der Waals surface area contributed by atoms with E-state index in [0.29, 0.717) is 53.5 Å². The van der Waals surface area contributed by atoms with Crippen molar-refractivity contribution in [3.05, 3.63) is 58.0 Å². The van der Waals surface area contributed by atoms with Gasteiger partial charge in [0.05, 0.1) is 40.8 Å². The lowest BCUT2D eigenvalue weighted by atomic mass is 10.1. The topological polar surface area (TPSA) is 124 Å². The van der Waals surface area contributed by atoms with Crippen molar-refractivity contribution in [1.82, 2.24) is 29.5 Å². The zero-order valence-corrected chi connectivity index (χ0v) is 28.2. The summed E-state index contributed by atoms with van der Waals surface area (Å²) in [6, 6.07) is 13.4. The minimum absolute atomic E-state index is 0.121. The van der Waals surface area contributed by atoms with Gasteiger partial charge in [-0.1, -0.05) is 49.7 Å². The lowest BCUT2D eigenvalue weighted by Crippen LogP contribution is -2.60. The van der Waals surface area contributed by atoms with E-state index in [1.54, 1.807) is 17.2 Å². The monoisotopic (exact) mass is 657 g/mol. The van der Waals surface area contributed by atoms with Crippen molar-refractivity contribution in [3.8, 4) is 11.8 Å². The van der Waals surface area contributed by atoms with Crippen molar-refractivity contribution in [2.75, 3.05) is 55.6 Å². The Bertz CT molecular complexity index is 1900. The first-order chi connectivity index (χ1) is 22.5. The molecule has 4 heterocycles. The van der Waals surface area contributed by atoms with Crippen molar-refractivity contribution in [2.24, 2.45) is 0 Å². The van der Waals surface area contributed by atoms with E-state index in [1.807, 2.05) is 56.0 Å². The average Bonchev–Trinajstić information content (AvgIpc) is 3.01. The normalized spacial score (nSPS) is 17.3. The molecule has 1 amide bonds. The summed E-state index contributed by atoms with van der Waals surface area (Å²) in [5.74, 6) is 1.02. The molecule has 2 saturated heterocycles. The SMILES string of the molecule is CCN(CC)C1CN(c2nc(N3CCN(C(=O)OC(C)(C)C)C(CC#N)C3)c3cnn(-c4cccc5cccc(Cl)c45)c(=O)c3n2)C1. The van der Waals surface area contributed by atoms with Gasteiger partial charge in [0.25, 0.3) is 5.56 Å². The minimum Gasteiger partial charge on any atom is -0.444 e. The molecule has 0 N–H and O–H groups in total. The molecule has 1 unspecified atom stereocenters. The Hall–Kier alpha value is -4.47. The Morgan fingerprint density at radius 3 is 2.47 bits per heavy atom. The Labute approximate surface area is 279 Å². The van der Waals surface area contributed by atoms with Gasteiger partial charge < -0.3 is 19.4 Å². The maximum absolute atomic E-state index is 14.3. The van der Waals surface area contributed by atoms with Crippen LogP contribution in [-0.2, 0) is 4.74 Å². The van der Waals surface area contributed by atoms with Crippen LogP contribution in [-0.4, -0.2) is 99.1 Å². The third-order valence-corrected chi connectivity index (χ3v) is 9.20. The summed E-state index contributed by atoms with van der Waals surface area (Å²) in [6.45, 7) is 14.2. The first kappa shape index (κ1) is 32.5. The molecule has 1 atom stereocenters. The molecule has 2 fully saturated rings. The molecule has 6 rings (SSSR count). The van der Waals surface area contributed by atoms with Crippen LogP contribution in [0.3, 0.4) is 0 Å². The van der Waals surface area contributed by atoms with Gasteiger partial charge in [0, 0.05) is 44.2 Å². The quantitative estimate of drug-likeness (QED) is 0.272. The van der Waals surface area contributed by atoms with Crippen LogP contribution < -0.4 is 15.4 Å². The number of carbonyl (C=O) groups is 1. The highest BCUT2D eigenvalue weighted by Gasteiger charge is 2.37. The summed E-state index contributed by atoms with van der Waals surface area (Å²) in [5.41, 5.74) is -0.251. The van der Waals surface area contributed by atoms with Crippen LogP contribution >= 0.6 is 11.6 Å². The number of nitriles is 1. The molecule has 2 aromatic heterocycles. The Balaban J connectivity index is 1.44. The van der Waals surface area contributed by atoms with Gasteiger partial charge in [0.15, 0.2) is 0 Å². The molecule has 0 radical (unpaired) electrons. The van der Waals surface area contributed by atoms with Crippen LogP contribution in [0.1, 0.15) is 41.0 Å². The van der Waals surface area contributed by atoms with Crippen molar-refractivity contribution in [1.29, 1.82) is 5.26 Å². The number of anilines is 2. The van der Waals surface area contributed by atoms with Gasteiger partial charge in [-0.15, -0.1) is 0 Å². The Morgan fingerprint density at radius 1 is 1.06 bits per heavy atom. The van der Waals surface area contributed by atoms with Gasteiger partial charge in [-0.2, -0.15) is 20.0 Å². The summed E-state index contributed by atoms with van der Waals surface area (Å²) in [4.78, 5) is 45.4. The number of carbonyl (C=O) groups excluding carboxylic acids is 1. The highest BCUT2D eigenvalue weighted by molar-refractivity contribution is 6.36. The van der Waals surface area contributed by atoms with Crippen LogP contribution in [0.15, 0.2) is 47.4 Å². The molecule has 2 aliphatic heterocycles. The molecule has 2 aliphatic rings.